The minimum Gasteiger partial charge on any atom is -0.376 e. The smallest absolute Gasteiger partial charge is 0.0921 e. The molecule has 0 saturated heterocycles. The summed E-state index contributed by atoms with van der Waals surface area (Å²) in [4.78, 5) is 0. The first-order chi connectivity index (χ1) is 5.79. The van der Waals surface area contributed by atoms with Gasteiger partial charge in [-0.05, 0) is 11.6 Å². The average Bonchev–Trinajstić information content (AvgIpc) is 2.10. The predicted molar refractivity (Wildman–Crippen MR) is 62.8 cm³/mol. The predicted octanol–water partition coefficient (Wildman–Crippen LogP) is 3.57. The molecular weight excluding hydrogens is 331 g/mol. The summed E-state index contributed by atoms with van der Waals surface area (Å²) in [6.45, 7) is 0. The van der Waals surface area contributed by atoms with E-state index in [1.54, 1.807) is 7.11 Å². The highest BCUT2D eigenvalue weighted by molar-refractivity contribution is 14.1. The lowest BCUT2D eigenvalue weighted by Gasteiger charge is -2.13. The third kappa shape index (κ3) is 2.44. The van der Waals surface area contributed by atoms with Gasteiger partial charge in [0, 0.05) is 16.0 Å². The van der Waals surface area contributed by atoms with Crippen molar-refractivity contribution in [2.75, 3.05) is 11.5 Å². The first kappa shape index (κ1) is 10.5. The van der Waals surface area contributed by atoms with Crippen molar-refractivity contribution in [2.24, 2.45) is 0 Å². The molecule has 0 aliphatic rings. The molecule has 1 aromatic rings. The maximum atomic E-state index is 5.33. The molecule has 12 heavy (non-hydrogen) atoms. The molecular formula is C9H10BrIO. The first-order valence-corrected chi connectivity index (χ1v) is 5.94. The summed E-state index contributed by atoms with van der Waals surface area (Å²) in [5.41, 5.74) is 1.22. The zero-order valence-corrected chi connectivity index (χ0v) is 10.5. The second-order valence-electron chi connectivity index (χ2n) is 2.40. The lowest BCUT2D eigenvalue weighted by Crippen LogP contribution is -2.02. The Kier molecular flexibility index (Phi) is 4.53. The number of ether oxygens (including phenoxy) is 1. The van der Waals surface area contributed by atoms with Crippen LogP contribution in [-0.2, 0) is 4.74 Å². The van der Waals surface area contributed by atoms with E-state index in [-0.39, 0.29) is 6.10 Å². The van der Waals surface area contributed by atoms with E-state index in [9.17, 15) is 0 Å². The van der Waals surface area contributed by atoms with Crippen LogP contribution in [0.3, 0.4) is 0 Å². The fourth-order valence-corrected chi connectivity index (χ4v) is 2.38. The Bertz CT molecular complexity index is 248. The SMILES string of the molecule is COC(CI)c1ccccc1Br. The molecule has 0 saturated carbocycles. The van der Waals surface area contributed by atoms with Crippen molar-refractivity contribution in [1.82, 2.24) is 0 Å². The van der Waals surface area contributed by atoms with Gasteiger partial charge in [0.2, 0.25) is 0 Å². The van der Waals surface area contributed by atoms with Crippen LogP contribution in [0.4, 0.5) is 0 Å². The minimum absolute atomic E-state index is 0.196. The van der Waals surface area contributed by atoms with Crippen molar-refractivity contribution in [3.05, 3.63) is 34.3 Å². The fraction of sp³-hybridized carbons (Fsp3) is 0.333. The molecule has 0 radical (unpaired) electrons. The summed E-state index contributed by atoms with van der Waals surface area (Å²) in [5.74, 6) is 0. The van der Waals surface area contributed by atoms with E-state index >= 15 is 0 Å². The monoisotopic (exact) mass is 340 g/mol. The molecule has 1 aromatic carbocycles. The van der Waals surface area contributed by atoms with Gasteiger partial charge < -0.3 is 4.74 Å². The number of halogens is 2. The Hall–Kier alpha value is 0.390. The maximum Gasteiger partial charge on any atom is 0.0921 e. The molecule has 0 spiro atoms. The van der Waals surface area contributed by atoms with Crippen molar-refractivity contribution in [1.29, 1.82) is 0 Å². The van der Waals surface area contributed by atoms with Gasteiger partial charge in [0.15, 0.2) is 0 Å². The van der Waals surface area contributed by atoms with Crippen molar-refractivity contribution >= 4 is 38.5 Å². The molecule has 0 bridgehead atoms. The summed E-state index contributed by atoms with van der Waals surface area (Å²) in [7, 11) is 1.74. The summed E-state index contributed by atoms with van der Waals surface area (Å²) in [6, 6.07) is 8.15. The Balaban J connectivity index is 2.92. The highest BCUT2D eigenvalue weighted by Gasteiger charge is 2.10. The quantitative estimate of drug-likeness (QED) is 0.603. The topological polar surface area (TPSA) is 9.23 Å². The second-order valence-corrected chi connectivity index (χ2v) is 4.14. The zero-order chi connectivity index (χ0) is 8.97. The number of hydrogen-bond donors (Lipinski definition) is 0. The highest BCUT2D eigenvalue weighted by atomic mass is 127. The Morgan fingerprint density at radius 3 is 2.67 bits per heavy atom. The van der Waals surface area contributed by atoms with Gasteiger partial charge in [0.1, 0.15) is 0 Å². The van der Waals surface area contributed by atoms with Crippen LogP contribution in [0.2, 0.25) is 0 Å². The van der Waals surface area contributed by atoms with Gasteiger partial charge in [-0.25, -0.2) is 0 Å². The molecule has 0 aromatic heterocycles. The Labute approximate surface area is 94.8 Å². The molecule has 3 heteroatoms. The number of alkyl halides is 1. The zero-order valence-electron chi connectivity index (χ0n) is 6.76. The van der Waals surface area contributed by atoms with Crippen LogP contribution in [0, 0.1) is 0 Å². The van der Waals surface area contributed by atoms with Crippen LogP contribution in [0.5, 0.6) is 0 Å². The van der Waals surface area contributed by atoms with Crippen LogP contribution in [-0.4, -0.2) is 11.5 Å². The number of methoxy groups -OCH3 is 1. The van der Waals surface area contributed by atoms with Crippen molar-refractivity contribution in [3.63, 3.8) is 0 Å². The highest BCUT2D eigenvalue weighted by Crippen LogP contribution is 2.26. The normalized spacial score (nSPS) is 12.9. The average molecular weight is 341 g/mol. The molecule has 1 atom stereocenters. The first-order valence-electron chi connectivity index (χ1n) is 3.62. The lowest BCUT2D eigenvalue weighted by atomic mass is 10.1. The number of hydrogen-bond acceptors (Lipinski definition) is 1. The van der Waals surface area contributed by atoms with Crippen LogP contribution in [0.15, 0.2) is 28.7 Å². The van der Waals surface area contributed by atoms with Gasteiger partial charge >= 0.3 is 0 Å². The van der Waals surface area contributed by atoms with Gasteiger partial charge in [-0.2, -0.15) is 0 Å². The van der Waals surface area contributed by atoms with Gasteiger partial charge in [0.05, 0.1) is 6.10 Å². The van der Waals surface area contributed by atoms with Crippen molar-refractivity contribution in [3.8, 4) is 0 Å². The standard InChI is InChI=1S/C9H10BrIO/c1-12-9(6-11)7-4-2-3-5-8(7)10/h2-5,9H,6H2,1H3. The van der Waals surface area contributed by atoms with Crippen LogP contribution in [0.25, 0.3) is 0 Å². The molecule has 0 amide bonds. The van der Waals surface area contributed by atoms with Crippen LogP contribution < -0.4 is 0 Å². The minimum atomic E-state index is 0.196. The largest absolute Gasteiger partial charge is 0.376 e. The maximum absolute atomic E-state index is 5.33. The van der Waals surface area contributed by atoms with E-state index in [2.05, 4.69) is 44.6 Å². The van der Waals surface area contributed by atoms with E-state index in [0.29, 0.717) is 0 Å². The molecule has 1 rings (SSSR count). The van der Waals surface area contributed by atoms with Crippen molar-refractivity contribution < 1.29 is 4.74 Å². The van der Waals surface area contributed by atoms with E-state index in [1.165, 1.54) is 5.56 Å². The van der Waals surface area contributed by atoms with Crippen LogP contribution >= 0.6 is 38.5 Å². The van der Waals surface area contributed by atoms with E-state index in [0.717, 1.165) is 8.90 Å². The third-order valence-electron chi connectivity index (χ3n) is 1.68. The molecule has 0 fully saturated rings. The number of rotatable bonds is 3. The summed E-state index contributed by atoms with van der Waals surface area (Å²) < 4.78 is 7.42. The van der Waals surface area contributed by atoms with Gasteiger partial charge in [-0.3, -0.25) is 0 Å². The van der Waals surface area contributed by atoms with E-state index < -0.39 is 0 Å². The van der Waals surface area contributed by atoms with Gasteiger partial charge in [0.25, 0.3) is 0 Å². The molecule has 0 aliphatic carbocycles. The molecule has 1 nitrogen and oxygen atoms in total. The summed E-state index contributed by atoms with van der Waals surface area (Å²) >= 11 is 5.82. The fourth-order valence-electron chi connectivity index (χ4n) is 1.01. The third-order valence-corrected chi connectivity index (χ3v) is 3.20. The molecule has 1 unspecified atom stereocenters. The van der Waals surface area contributed by atoms with E-state index in [1.807, 2.05) is 18.2 Å². The Morgan fingerprint density at radius 2 is 2.17 bits per heavy atom. The van der Waals surface area contributed by atoms with Crippen molar-refractivity contribution in [2.45, 2.75) is 6.10 Å². The molecule has 66 valence electrons. The second kappa shape index (κ2) is 5.19. The van der Waals surface area contributed by atoms with Gasteiger partial charge in [-0.1, -0.05) is 56.7 Å². The summed E-state index contributed by atoms with van der Waals surface area (Å²) in [6.07, 6.45) is 0.196. The molecule has 0 N–H and O–H groups in total. The molecule has 0 heterocycles. The summed E-state index contributed by atoms with van der Waals surface area (Å²) in [5, 5.41) is 0. The van der Waals surface area contributed by atoms with E-state index in [4.69, 9.17) is 4.74 Å². The molecule has 0 aliphatic heterocycles. The Morgan fingerprint density at radius 1 is 1.50 bits per heavy atom. The van der Waals surface area contributed by atoms with Gasteiger partial charge in [-0.15, -0.1) is 0 Å². The van der Waals surface area contributed by atoms with Crippen LogP contribution in [0.1, 0.15) is 11.7 Å². The lowest BCUT2D eigenvalue weighted by molar-refractivity contribution is 0.125. The number of benzene rings is 1.